The maximum absolute atomic E-state index is 14.4. The summed E-state index contributed by atoms with van der Waals surface area (Å²) in [4.78, 5) is 60.8. The summed E-state index contributed by atoms with van der Waals surface area (Å²) in [6.45, 7) is 12.9. The first kappa shape index (κ1) is 44.5. The first-order chi connectivity index (χ1) is 26.8. The SMILES string of the molecule is CC[C@H]1OC(=O)[C@H](C)C(=O)[C@H](C)[C@@H](O[C@@H]2O[C@H](C)C[C@H](N(C)C)[C@H]2O)[C@@]2(C)C[C@@H](C)C(=NC(C)=O)C[C@@H](OC/C(=N/OCc3nc4ccccc4[nH]3)CO2)[C@]1(C)O. The van der Waals surface area contributed by atoms with Crippen molar-refractivity contribution in [1.82, 2.24) is 14.9 Å². The van der Waals surface area contributed by atoms with Gasteiger partial charge in [-0.2, -0.15) is 0 Å². The molecule has 3 N–H and O–H groups in total. The molecule has 0 spiro atoms. The summed E-state index contributed by atoms with van der Waals surface area (Å²) in [7, 11) is 3.73. The molecule has 4 heterocycles. The van der Waals surface area contributed by atoms with Gasteiger partial charge in [-0.1, -0.05) is 38.1 Å². The van der Waals surface area contributed by atoms with E-state index in [0.717, 1.165) is 11.0 Å². The van der Waals surface area contributed by atoms with Crippen molar-refractivity contribution in [2.45, 2.75) is 142 Å². The molecular weight excluding hydrogens is 738 g/mol. The van der Waals surface area contributed by atoms with Crippen molar-refractivity contribution in [2.75, 3.05) is 27.3 Å². The predicted molar refractivity (Wildman–Crippen MR) is 210 cm³/mol. The lowest BCUT2D eigenvalue weighted by Gasteiger charge is -2.47. The Bertz CT molecular complexity index is 1760. The van der Waals surface area contributed by atoms with Gasteiger partial charge in [0.05, 0.1) is 48.2 Å². The zero-order chi connectivity index (χ0) is 41.8. The number of amides is 1. The van der Waals surface area contributed by atoms with Crippen LogP contribution in [-0.4, -0.2) is 136 Å². The van der Waals surface area contributed by atoms with Crippen LogP contribution in [0, 0.1) is 17.8 Å². The Morgan fingerprint density at radius 1 is 1.12 bits per heavy atom. The molecule has 1 amide bonds. The quantitative estimate of drug-likeness (QED) is 0.208. The lowest BCUT2D eigenvalue weighted by Crippen LogP contribution is -2.59. The standard InChI is InChI=1S/C41H61N5O11/c1-11-32-41(8,51)33-17-30(42-26(6)47)22(2)18-40(7,53-20-27(19-52-33)45-54-21-34-43-28-14-12-13-15-29(28)44-34)37(24(4)35(48)25(5)38(50)56-32)57-39-36(49)31(46(9)10)16-23(3)55-39/h12-15,22-25,31-33,36-37,39,49,51H,11,16-21H2,1-10H3,(H,43,44)/b42-30?,45-27-/t22-,23-,24+,25-,31+,32-,33-,36-,37-,39+,40-,41-/m1/s1. The molecule has 316 valence electrons. The van der Waals surface area contributed by atoms with Gasteiger partial charge in [-0.05, 0) is 79.1 Å². The number of ether oxygens (including phenoxy) is 5. The van der Waals surface area contributed by atoms with Gasteiger partial charge in [0.15, 0.2) is 18.7 Å². The van der Waals surface area contributed by atoms with E-state index in [4.69, 9.17) is 28.5 Å². The third-order valence-corrected chi connectivity index (χ3v) is 11.6. The van der Waals surface area contributed by atoms with Crippen molar-refractivity contribution in [1.29, 1.82) is 0 Å². The molecule has 0 saturated carbocycles. The number of aromatic nitrogens is 2. The van der Waals surface area contributed by atoms with Gasteiger partial charge in [-0.3, -0.25) is 14.4 Å². The number of esters is 1. The number of nitrogens with zero attached hydrogens (tertiary/aromatic N) is 4. The maximum atomic E-state index is 14.4. The number of Topliss-reactive ketones (excluding diaryl/α,β-unsaturated/α-hetero) is 1. The fraction of sp³-hybridized carbons (Fsp3) is 0.707. The number of aromatic amines is 1. The highest BCUT2D eigenvalue weighted by atomic mass is 16.7. The van der Waals surface area contributed by atoms with Crippen molar-refractivity contribution >= 4 is 40.1 Å². The fourth-order valence-corrected chi connectivity index (χ4v) is 8.28. The van der Waals surface area contributed by atoms with Gasteiger partial charge in [0.2, 0.25) is 5.91 Å². The topological polar surface area (TPSA) is 204 Å². The van der Waals surface area contributed by atoms with Gasteiger partial charge in [0.1, 0.15) is 35.3 Å². The molecule has 1 aromatic carbocycles. The molecule has 0 radical (unpaired) electrons. The number of H-pyrrole nitrogens is 1. The van der Waals surface area contributed by atoms with E-state index in [1.165, 1.54) is 20.8 Å². The van der Waals surface area contributed by atoms with Crippen molar-refractivity contribution in [3.05, 3.63) is 30.1 Å². The predicted octanol–water partition coefficient (Wildman–Crippen LogP) is 3.75. The number of benzene rings is 1. The summed E-state index contributed by atoms with van der Waals surface area (Å²) in [6, 6.07) is 7.26. The monoisotopic (exact) mass is 799 g/mol. The molecule has 3 aliphatic heterocycles. The average Bonchev–Trinajstić information content (AvgIpc) is 3.57. The number of rotatable bonds is 7. The van der Waals surface area contributed by atoms with E-state index in [0.29, 0.717) is 23.7 Å². The normalized spacial score (nSPS) is 37.8. The Labute approximate surface area is 334 Å². The number of aliphatic imine (C=N–C) groups is 1. The molecule has 0 aliphatic carbocycles. The highest BCUT2D eigenvalue weighted by molar-refractivity contribution is 6.00. The van der Waals surface area contributed by atoms with Gasteiger partial charge in [-0.15, -0.1) is 0 Å². The molecule has 3 fully saturated rings. The molecule has 57 heavy (non-hydrogen) atoms. The van der Waals surface area contributed by atoms with Crippen LogP contribution in [0.1, 0.15) is 86.9 Å². The number of aliphatic hydroxyl groups excluding tert-OH is 1. The minimum atomic E-state index is -1.82. The van der Waals surface area contributed by atoms with Crippen LogP contribution >= 0.6 is 0 Å². The minimum absolute atomic E-state index is 0.00576. The molecule has 3 aliphatic rings. The van der Waals surface area contributed by atoms with E-state index in [-0.39, 0.29) is 51.2 Å². The largest absolute Gasteiger partial charge is 0.459 e. The van der Waals surface area contributed by atoms with E-state index in [1.54, 1.807) is 20.8 Å². The summed E-state index contributed by atoms with van der Waals surface area (Å²) in [6.07, 6.45) is -5.03. The van der Waals surface area contributed by atoms with E-state index in [1.807, 2.05) is 57.1 Å². The summed E-state index contributed by atoms with van der Waals surface area (Å²) in [5.41, 5.74) is -0.894. The number of hydrogen-bond donors (Lipinski definition) is 3. The Balaban J connectivity index is 1.63. The molecule has 2 aromatic rings. The Kier molecular flexibility index (Phi) is 14.4. The third kappa shape index (κ3) is 10.3. The van der Waals surface area contributed by atoms with Crippen molar-refractivity contribution in [2.24, 2.45) is 27.9 Å². The number of carbonyl (C=O) groups excluding carboxylic acids is 3. The van der Waals surface area contributed by atoms with E-state index in [9.17, 15) is 24.6 Å². The number of hydrogen-bond acceptors (Lipinski definition) is 14. The molecule has 2 bridgehead atoms. The number of oxime groups is 1. The Morgan fingerprint density at radius 3 is 2.51 bits per heavy atom. The number of imidazole rings is 1. The number of cyclic esters (lactones) is 1. The first-order valence-electron chi connectivity index (χ1n) is 19.9. The van der Waals surface area contributed by atoms with Crippen molar-refractivity contribution in [3.63, 3.8) is 0 Å². The van der Waals surface area contributed by atoms with Crippen LogP contribution in [0.5, 0.6) is 0 Å². The first-order valence-corrected chi connectivity index (χ1v) is 19.9. The van der Waals surface area contributed by atoms with Crippen LogP contribution < -0.4 is 0 Å². The number of para-hydroxylation sites is 2. The minimum Gasteiger partial charge on any atom is -0.459 e. The molecule has 1 aromatic heterocycles. The lowest BCUT2D eigenvalue weighted by atomic mass is 9.76. The average molecular weight is 800 g/mol. The summed E-state index contributed by atoms with van der Waals surface area (Å²) < 4.78 is 32.2. The number of likely N-dealkylation sites (N-methyl/N-ethyl adjacent to an activating group) is 1. The van der Waals surface area contributed by atoms with Crippen LogP contribution in [0.25, 0.3) is 11.0 Å². The second-order valence-corrected chi connectivity index (χ2v) is 16.6. The molecule has 12 atom stereocenters. The van der Waals surface area contributed by atoms with E-state index < -0.39 is 77.3 Å². The van der Waals surface area contributed by atoms with E-state index >= 15 is 0 Å². The Hall–Kier alpha value is -3.64. The Morgan fingerprint density at radius 2 is 1.84 bits per heavy atom. The van der Waals surface area contributed by atoms with E-state index in [2.05, 4.69) is 20.1 Å². The number of ketones is 1. The van der Waals surface area contributed by atoms with Gasteiger partial charge in [0.25, 0.3) is 0 Å². The lowest BCUT2D eigenvalue weighted by molar-refractivity contribution is -0.296. The van der Waals surface area contributed by atoms with Crippen LogP contribution in [0.2, 0.25) is 0 Å². The second kappa shape index (κ2) is 18.5. The summed E-state index contributed by atoms with van der Waals surface area (Å²) in [5, 5.41) is 28.3. The van der Waals surface area contributed by atoms with Gasteiger partial charge in [-0.25, -0.2) is 9.98 Å². The zero-order valence-corrected chi connectivity index (χ0v) is 34.9. The van der Waals surface area contributed by atoms with Gasteiger partial charge >= 0.3 is 5.97 Å². The number of fused-ring (bicyclic) bond motifs is 6. The summed E-state index contributed by atoms with van der Waals surface area (Å²) in [5.74, 6) is -4.01. The second-order valence-electron chi connectivity index (χ2n) is 16.6. The highest BCUT2D eigenvalue weighted by Crippen LogP contribution is 2.39. The maximum Gasteiger partial charge on any atom is 0.316 e. The molecule has 0 unspecified atom stereocenters. The number of aliphatic hydroxyl groups is 2. The van der Waals surface area contributed by atoms with Gasteiger partial charge < -0.3 is 48.6 Å². The molecule has 16 nitrogen and oxygen atoms in total. The van der Waals surface area contributed by atoms with Crippen LogP contribution in [0.4, 0.5) is 0 Å². The molecule has 5 rings (SSSR count). The smallest absolute Gasteiger partial charge is 0.316 e. The molecule has 3 saturated heterocycles. The summed E-state index contributed by atoms with van der Waals surface area (Å²) >= 11 is 0. The fourth-order valence-electron chi connectivity index (χ4n) is 8.28. The third-order valence-electron chi connectivity index (χ3n) is 11.6. The molecule has 16 heteroatoms. The van der Waals surface area contributed by atoms with Crippen molar-refractivity contribution < 1.29 is 53.1 Å². The number of carbonyl (C=O) groups is 3. The zero-order valence-electron chi connectivity index (χ0n) is 34.9. The van der Waals surface area contributed by atoms with Crippen LogP contribution in [0.3, 0.4) is 0 Å². The van der Waals surface area contributed by atoms with Crippen LogP contribution in [0.15, 0.2) is 34.4 Å². The number of nitrogens with one attached hydrogen (secondary N) is 1. The van der Waals surface area contributed by atoms with Gasteiger partial charge in [0, 0.05) is 31.0 Å². The van der Waals surface area contributed by atoms with Crippen molar-refractivity contribution in [3.8, 4) is 0 Å². The van der Waals surface area contributed by atoms with Crippen LogP contribution in [-0.2, 0) is 49.5 Å². The highest BCUT2D eigenvalue weighted by Gasteiger charge is 2.51. The molecular formula is C41H61N5O11.